The lowest BCUT2D eigenvalue weighted by molar-refractivity contribution is 0.386. The summed E-state index contributed by atoms with van der Waals surface area (Å²) in [6.45, 7) is 2.91. The van der Waals surface area contributed by atoms with Crippen molar-refractivity contribution < 1.29 is 0 Å². The van der Waals surface area contributed by atoms with Crippen LogP contribution in [0.5, 0.6) is 0 Å². The van der Waals surface area contributed by atoms with E-state index in [4.69, 9.17) is 4.99 Å². The molecule has 0 saturated heterocycles. The van der Waals surface area contributed by atoms with Gasteiger partial charge in [-0.25, -0.2) is 4.99 Å². The topological polar surface area (TPSA) is 18.8 Å². The number of nitrogens with zero attached hydrogens (tertiary/aromatic N) is 3. The molecule has 106 valence electrons. The van der Waals surface area contributed by atoms with Gasteiger partial charge in [-0.2, -0.15) is 0 Å². The van der Waals surface area contributed by atoms with Crippen molar-refractivity contribution in [3.05, 3.63) is 78.1 Å². The van der Waals surface area contributed by atoms with E-state index in [1.165, 1.54) is 5.56 Å². The van der Waals surface area contributed by atoms with Crippen LogP contribution in [0.4, 0.5) is 5.69 Å². The molecule has 0 aromatic heterocycles. The fraction of sp³-hybridized carbons (Fsp3) is 0.167. The summed E-state index contributed by atoms with van der Waals surface area (Å²) in [5.74, 6) is 0.972. The van der Waals surface area contributed by atoms with E-state index in [1.54, 1.807) is 0 Å². The minimum atomic E-state index is 0.819. The highest BCUT2D eigenvalue weighted by atomic mass is 15.3. The molecule has 0 radical (unpaired) electrons. The molecule has 0 amide bonds. The van der Waals surface area contributed by atoms with Crippen molar-refractivity contribution in [2.24, 2.45) is 4.99 Å². The third-order valence-electron chi connectivity index (χ3n) is 3.45. The van der Waals surface area contributed by atoms with Gasteiger partial charge in [-0.15, -0.1) is 0 Å². The summed E-state index contributed by atoms with van der Waals surface area (Å²) in [5, 5.41) is 0. The average Bonchev–Trinajstić information content (AvgIpc) is 2.94. The SMILES string of the molecule is Cc1ccc(N=C(c2ccccc2)N2C=CN(C)C2)cc1. The Balaban J connectivity index is 2.00. The molecule has 0 N–H and O–H groups in total. The van der Waals surface area contributed by atoms with Gasteiger partial charge >= 0.3 is 0 Å². The molecule has 1 heterocycles. The second kappa shape index (κ2) is 5.83. The van der Waals surface area contributed by atoms with E-state index in [0.29, 0.717) is 0 Å². The van der Waals surface area contributed by atoms with E-state index in [9.17, 15) is 0 Å². The molecule has 0 spiro atoms. The van der Waals surface area contributed by atoms with Crippen LogP contribution in [0.3, 0.4) is 0 Å². The summed E-state index contributed by atoms with van der Waals surface area (Å²) in [7, 11) is 2.06. The van der Waals surface area contributed by atoms with Crippen LogP contribution in [0.2, 0.25) is 0 Å². The first-order chi connectivity index (χ1) is 10.2. The third-order valence-corrected chi connectivity index (χ3v) is 3.45. The van der Waals surface area contributed by atoms with E-state index in [-0.39, 0.29) is 0 Å². The molecule has 0 aliphatic carbocycles. The lowest BCUT2D eigenvalue weighted by atomic mass is 10.2. The first-order valence-electron chi connectivity index (χ1n) is 7.08. The van der Waals surface area contributed by atoms with E-state index in [2.05, 4.69) is 72.6 Å². The van der Waals surface area contributed by atoms with Gasteiger partial charge in [0.2, 0.25) is 0 Å². The number of rotatable bonds is 2. The van der Waals surface area contributed by atoms with E-state index < -0.39 is 0 Å². The number of benzene rings is 2. The van der Waals surface area contributed by atoms with Crippen molar-refractivity contribution in [1.29, 1.82) is 0 Å². The Kier molecular flexibility index (Phi) is 3.73. The van der Waals surface area contributed by atoms with Gasteiger partial charge in [-0.1, -0.05) is 48.0 Å². The monoisotopic (exact) mass is 277 g/mol. The third kappa shape index (κ3) is 3.14. The molecule has 1 aliphatic rings. The maximum absolute atomic E-state index is 4.85. The molecule has 0 fully saturated rings. The Morgan fingerprint density at radius 3 is 2.29 bits per heavy atom. The van der Waals surface area contributed by atoms with Crippen molar-refractivity contribution in [1.82, 2.24) is 9.80 Å². The van der Waals surface area contributed by atoms with Crippen molar-refractivity contribution >= 4 is 11.5 Å². The summed E-state index contributed by atoms with van der Waals surface area (Å²) in [4.78, 5) is 9.15. The first-order valence-corrected chi connectivity index (χ1v) is 7.08. The van der Waals surface area contributed by atoms with Crippen molar-refractivity contribution in [3.63, 3.8) is 0 Å². The Morgan fingerprint density at radius 1 is 0.952 bits per heavy atom. The second-order valence-corrected chi connectivity index (χ2v) is 5.30. The van der Waals surface area contributed by atoms with Crippen LogP contribution >= 0.6 is 0 Å². The highest BCUT2D eigenvalue weighted by Gasteiger charge is 2.16. The quantitative estimate of drug-likeness (QED) is 0.615. The molecule has 0 atom stereocenters. The molecular formula is C18H19N3. The number of hydrogen-bond donors (Lipinski definition) is 0. The van der Waals surface area contributed by atoms with E-state index in [0.717, 1.165) is 23.8 Å². The fourth-order valence-corrected chi connectivity index (χ4v) is 2.29. The summed E-state index contributed by atoms with van der Waals surface area (Å²) >= 11 is 0. The van der Waals surface area contributed by atoms with Crippen LogP contribution in [-0.2, 0) is 0 Å². The molecule has 3 rings (SSSR count). The summed E-state index contributed by atoms with van der Waals surface area (Å²) in [5.41, 5.74) is 3.34. The van der Waals surface area contributed by atoms with Gasteiger partial charge in [0, 0.05) is 25.0 Å². The number of aryl methyl sites for hydroxylation is 1. The average molecular weight is 277 g/mol. The molecule has 0 bridgehead atoms. The van der Waals surface area contributed by atoms with E-state index >= 15 is 0 Å². The normalized spacial score (nSPS) is 14.9. The highest BCUT2D eigenvalue weighted by Crippen LogP contribution is 2.18. The van der Waals surface area contributed by atoms with Crippen molar-refractivity contribution in [2.75, 3.05) is 13.7 Å². The lowest BCUT2D eigenvalue weighted by Gasteiger charge is -2.20. The van der Waals surface area contributed by atoms with Crippen LogP contribution in [0.25, 0.3) is 0 Å². The molecule has 2 aromatic carbocycles. The first kappa shape index (κ1) is 13.4. The molecular weight excluding hydrogens is 258 g/mol. The maximum atomic E-state index is 4.85. The van der Waals surface area contributed by atoms with Crippen LogP contribution in [-0.4, -0.2) is 29.4 Å². The number of amidine groups is 1. The molecule has 1 aliphatic heterocycles. The Bertz CT molecular complexity index is 657. The smallest absolute Gasteiger partial charge is 0.142 e. The van der Waals surface area contributed by atoms with Gasteiger partial charge in [0.15, 0.2) is 0 Å². The lowest BCUT2D eigenvalue weighted by Crippen LogP contribution is -2.29. The fourth-order valence-electron chi connectivity index (χ4n) is 2.29. The highest BCUT2D eigenvalue weighted by molar-refractivity contribution is 6.01. The Labute approximate surface area is 125 Å². The zero-order valence-corrected chi connectivity index (χ0v) is 12.4. The Morgan fingerprint density at radius 2 is 1.67 bits per heavy atom. The standard InChI is InChI=1S/C18H19N3/c1-15-8-10-17(11-9-15)19-18(16-6-4-3-5-7-16)21-13-12-20(2)14-21/h3-13H,14H2,1-2H3. The molecule has 3 nitrogen and oxygen atoms in total. The molecule has 0 unspecified atom stereocenters. The van der Waals surface area contributed by atoms with Gasteiger partial charge in [0.05, 0.1) is 12.4 Å². The maximum Gasteiger partial charge on any atom is 0.142 e. The Hall–Kier alpha value is -2.55. The van der Waals surface area contributed by atoms with Crippen molar-refractivity contribution in [2.45, 2.75) is 6.92 Å². The largest absolute Gasteiger partial charge is 0.361 e. The molecule has 21 heavy (non-hydrogen) atoms. The van der Waals surface area contributed by atoms with Gasteiger partial charge in [0.1, 0.15) is 5.84 Å². The minimum Gasteiger partial charge on any atom is -0.361 e. The summed E-state index contributed by atoms with van der Waals surface area (Å²) in [6, 6.07) is 18.6. The second-order valence-electron chi connectivity index (χ2n) is 5.30. The van der Waals surface area contributed by atoms with Crippen LogP contribution < -0.4 is 0 Å². The number of hydrogen-bond acceptors (Lipinski definition) is 2. The van der Waals surface area contributed by atoms with Crippen LogP contribution in [0.1, 0.15) is 11.1 Å². The van der Waals surface area contributed by atoms with Crippen LogP contribution in [0, 0.1) is 6.92 Å². The summed E-state index contributed by atoms with van der Waals surface area (Å²) in [6.07, 6.45) is 4.13. The van der Waals surface area contributed by atoms with Gasteiger partial charge in [-0.05, 0) is 19.1 Å². The van der Waals surface area contributed by atoms with Crippen LogP contribution in [0.15, 0.2) is 72.0 Å². The number of aliphatic imine (C=N–C) groups is 1. The summed E-state index contributed by atoms with van der Waals surface area (Å²) < 4.78 is 0. The van der Waals surface area contributed by atoms with Crippen molar-refractivity contribution in [3.8, 4) is 0 Å². The van der Waals surface area contributed by atoms with Gasteiger partial charge in [-0.3, -0.25) is 0 Å². The molecule has 0 saturated carbocycles. The van der Waals surface area contributed by atoms with Gasteiger partial charge < -0.3 is 9.80 Å². The molecule has 3 heteroatoms. The minimum absolute atomic E-state index is 0.819. The predicted molar refractivity (Wildman–Crippen MR) is 87.4 cm³/mol. The zero-order valence-electron chi connectivity index (χ0n) is 12.4. The molecule has 2 aromatic rings. The predicted octanol–water partition coefficient (Wildman–Crippen LogP) is 3.75. The van der Waals surface area contributed by atoms with E-state index in [1.807, 2.05) is 18.2 Å². The zero-order chi connectivity index (χ0) is 14.7. The van der Waals surface area contributed by atoms with Gasteiger partial charge in [0.25, 0.3) is 0 Å².